The number of likely N-dealkylation sites (tertiary alicyclic amines) is 1. The number of nitrogens with one attached hydrogen (secondary N) is 1. The van der Waals surface area contributed by atoms with E-state index in [1.165, 1.54) is 52.0 Å². The normalized spacial score (nSPS) is 32.5. The summed E-state index contributed by atoms with van der Waals surface area (Å²) in [6.45, 7) is 10.9. The molecule has 2 aliphatic rings. The average molecular weight is 239 g/mol. The van der Waals surface area contributed by atoms with Crippen LogP contribution in [0.4, 0.5) is 0 Å². The largest absolute Gasteiger partial charge is 0.314 e. The van der Waals surface area contributed by atoms with Crippen molar-refractivity contribution in [2.75, 3.05) is 39.8 Å². The van der Waals surface area contributed by atoms with E-state index in [4.69, 9.17) is 0 Å². The third kappa shape index (κ3) is 3.43. The topological polar surface area (TPSA) is 18.5 Å². The van der Waals surface area contributed by atoms with Gasteiger partial charge in [-0.25, -0.2) is 0 Å². The van der Waals surface area contributed by atoms with Crippen LogP contribution in [0.2, 0.25) is 0 Å². The Hall–Kier alpha value is -0.120. The molecule has 100 valence electrons. The van der Waals surface area contributed by atoms with Crippen molar-refractivity contribution in [3.05, 3.63) is 0 Å². The van der Waals surface area contributed by atoms with Crippen molar-refractivity contribution in [1.29, 1.82) is 0 Å². The Morgan fingerprint density at radius 2 is 1.94 bits per heavy atom. The SMILES string of the molecule is CCN1CCC(N(C)CC2CCNC2C)CC1. The van der Waals surface area contributed by atoms with Crippen molar-refractivity contribution in [3.63, 3.8) is 0 Å². The van der Waals surface area contributed by atoms with E-state index in [1.54, 1.807) is 0 Å². The van der Waals surface area contributed by atoms with Gasteiger partial charge in [0.1, 0.15) is 0 Å². The lowest BCUT2D eigenvalue weighted by Crippen LogP contribution is -2.45. The summed E-state index contributed by atoms with van der Waals surface area (Å²) in [6, 6.07) is 1.54. The van der Waals surface area contributed by atoms with Crippen LogP contribution in [0.5, 0.6) is 0 Å². The fourth-order valence-corrected chi connectivity index (χ4v) is 3.36. The van der Waals surface area contributed by atoms with Gasteiger partial charge in [0.25, 0.3) is 0 Å². The van der Waals surface area contributed by atoms with Gasteiger partial charge < -0.3 is 15.1 Å². The predicted octanol–water partition coefficient (Wildman–Crippen LogP) is 1.40. The molecule has 17 heavy (non-hydrogen) atoms. The standard InChI is InChI=1S/C14H29N3/c1-4-17-9-6-14(7-10-17)16(3)11-13-5-8-15-12(13)2/h12-15H,4-11H2,1-3H3. The van der Waals surface area contributed by atoms with Crippen molar-refractivity contribution in [1.82, 2.24) is 15.1 Å². The monoisotopic (exact) mass is 239 g/mol. The highest BCUT2D eigenvalue weighted by molar-refractivity contribution is 4.85. The second-order valence-electron chi connectivity index (χ2n) is 5.90. The minimum atomic E-state index is 0.716. The summed E-state index contributed by atoms with van der Waals surface area (Å²) in [4.78, 5) is 5.20. The van der Waals surface area contributed by atoms with Gasteiger partial charge in [-0.2, -0.15) is 0 Å². The van der Waals surface area contributed by atoms with Gasteiger partial charge in [-0.15, -0.1) is 0 Å². The molecule has 0 amide bonds. The zero-order valence-electron chi connectivity index (χ0n) is 11.8. The summed E-state index contributed by atoms with van der Waals surface area (Å²) < 4.78 is 0. The van der Waals surface area contributed by atoms with E-state index in [0.717, 1.165) is 12.0 Å². The van der Waals surface area contributed by atoms with Crippen LogP contribution in [0, 0.1) is 5.92 Å². The number of hydrogen-bond acceptors (Lipinski definition) is 3. The van der Waals surface area contributed by atoms with E-state index < -0.39 is 0 Å². The van der Waals surface area contributed by atoms with Gasteiger partial charge in [-0.1, -0.05) is 6.92 Å². The molecule has 0 saturated carbocycles. The van der Waals surface area contributed by atoms with E-state index in [0.29, 0.717) is 6.04 Å². The molecule has 0 spiro atoms. The van der Waals surface area contributed by atoms with Crippen LogP contribution < -0.4 is 5.32 Å². The Morgan fingerprint density at radius 3 is 2.47 bits per heavy atom. The average Bonchev–Trinajstić information content (AvgIpc) is 2.75. The third-order valence-electron chi connectivity index (χ3n) is 4.84. The molecule has 3 heteroatoms. The maximum atomic E-state index is 3.56. The van der Waals surface area contributed by atoms with Crippen LogP contribution in [-0.2, 0) is 0 Å². The fourth-order valence-electron chi connectivity index (χ4n) is 3.36. The summed E-state index contributed by atoms with van der Waals surface area (Å²) in [5, 5.41) is 3.56. The van der Waals surface area contributed by atoms with Crippen LogP contribution in [0.3, 0.4) is 0 Å². The van der Waals surface area contributed by atoms with Gasteiger partial charge in [0.15, 0.2) is 0 Å². The van der Waals surface area contributed by atoms with Crippen molar-refractivity contribution < 1.29 is 0 Å². The van der Waals surface area contributed by atoms with Crippen molar-refractivity contribution in [2.45, 2.75) is 45.2 Å². The summed E-state index contributed by atoms with van der Waals surface area (Å²) in [6.07, 6.45) is 4.08. The maximum Gasteiger partial charge on any atom is 0.0117 e. The van der Waals surface area contributed by atoms with E-state index in [-0.39, 0.29) is 0 Å². The quantitative estimate of drug-likeness (QED) is 0.800. The molecule has 2 heterocycles. The molecule has 2 rings (SSSR count). The second kappa shape index (κ2) is 6.17. The lowest BCUT2D eigenvalue weighted by Gasteiger charge is -2.37. The summed E-state index contributed by atoms with van der Waals surface area (Å²) >= 11 is 0. The fraction of sp³-hybridized carbons (Fsp3) is 1.00. The molecule has 0 aromatic rings. The number of nitrogens with zero attached hydrogens (tertiary/aromatic N) is 2. The van der Waals surface area contributed by atoms with Crippen LogP contribution in [0.25, 0.3) is 0 Å². The van der Waals surface area contributed by atoms with Crippen molar-refractivity contribution >= 4 is 0 Å². The summed E-state index contributed by atoms with van der Waals surface area (Å²) in [7, 11) is 2.33. The smallest absolute Gasteiger partial charge is 0.0117 e. The van der Waals surface area contributed by atoms with Gasteiger partial charge in [0, 0.05) is 18.6 Å². The number of rotatable bonds is 4. The molecule has 2 atom stereocenters. The van der Waals surface area contributed by atoms with E-state index >= 15 is 0 Å². The molecule has 0 bridgehead atoms. The highest BCUT2D eigenvalue weighted by Crippen LogP contribution is 2.20. The first kappa shape index (κ1) is 13.3. The van der Waals surface area contributed by atoms with Crippen LogP contribution in [0.15, 0.2) is 0 Å². The minimum Gasteiger partial charge on any atom is -0.314 e. The zero-order chi connectivity index (χ0) is 12.3. The molecule has 2 unspecified atom stereocenters. The Kier molecular flexibility index (Phi) is 4.83. The first-order chi connectivity index (χ1) is 8.20. The molecule has 2 fully saturated rings. The Labute approximate surface area is 107 Å². The molecular formula is C14H29N3. The molecule has 0 aromatic heterocycles. The first-order valence-corrected chi connectivity index (χ1v) is 7.36. The summed E-state index contributed by atoms with van der Waals surface area (Å²) in [5.41, 5.74) is 0. The highest BCUT2D eigenvalue weighted by Gasteiger charge is 2.27. The predicted molar refractivity (Wildman–Crippen MR) is 73.3 cm³/mol. The minimum absolute atomic E-state index is 0.716. The number of hydrogen-bond donors (Lipinski definition) is 1. The van der Waals surface area contributed by atoms with Crippen molar-refractivity contribution in [3.8, 4) is 0 Å². The summed E-state index contributed by atoms with van der Waals surface area (Å²) in [5.74, 6) is 0.865. The molecule has 2 saturated heterocycles. The Morgan fingerprint density at radius 1 is 1.24 bits per heavy atom. The van der Waals surface area contributed by atoms with E-state index in [1.807, 2.05) is 0 Å². The Balaban J connectivity index is 1.74. The molecule has 0 aromatic carbocycles. The molecule has 0 radical (unpaired) electrons. The van der Waals surface area contributed by atoms with Gasteiger partial charge in [0.2, 0.25) is 0 Å². The maximum absolute atomic E-state index is 3.56. The van der Waals surface area contributed by atoms with Crippen molar-refractivity contribution in [2.24, 2.45) is 5.92 Å². The molecule has 3 nitrogen and oxygen atoms in total. The highest BCUT2D eigenvalue weighted by atomic mass is 15.2. The second-order valence-corrected chi connectivity index (χ2v) is 5.90. The van der Waals surface area contributed by atoms with Gasteiger partial charge >= 0.3 is 0 Å². The first-order valence-electron chi connectivity index (χ1n) is 7.36. The lowest BCUT2D eigenvalue weighted by molar-refractivity contribution is 0.117. The van der Waals surface area contributed by atoms with Crippen LogP contribution >= 0.6 is 0 Å². The number of piperidine rings is 1. The Bertz CT molecular complexity index is 224. The lowest BCUT2D eigenvalue weighted by atomic mass is 9.98. The molecule has 2 aliphatic heterocycles. The molecular weight excluding hydrogens is 210 g/mol. The van der Waals surface area contributed by atoms with Gasteiger partial charge in [0.05, 0.1) is 0 Å². The van der Waals surface area contributed by atoms with E-state index in [9.17, 15) is 0 Å². The molecule has 0 aliphatic carbocycles. The van der Waals surface area contributed by atoms with Crippen LogP contribution in [-0.4, -0.2) is 61.7 Å². The van der Waals surface area contributed by atoms with Crippen LogP contribution in [0.1, 0.15) is 33.1 Å². The van der Waals surface area contributed by atoms with Gasteiger partial charge in [-0.3, -0.25) is 0 Å². The molecule has 1 N–H and O–H groups in total. The van der Waals surface area contributed by atoms with Gasteiger partial charge in [-0.05, 0) is 65.3 Å². The zero-order valence-corrected chi connectivity index (χ0v) is 11.8. The van der Waals surface area contributed by atoms with E-state index in [2.05, 4.69) is 36.0 Å². The third-order valence-corrected chi connectivity index (χ3v) is 4.84.